The smallest absolute Gasteiger partial charge is 0.241 e. The van der Waals surface area contributed by atoms with Crippen LogP contribution in [0.5, 0.6) is 0 Å². The van der Waals surface area contributed by atoms with Crippen LogP contribution in [0.3, 0.4) is 0 Å². The third-order valence-electron chi connectivity index (χ3n) is 4.44. The molecule has 0 N–H and O–H groups in total. The fourth-order valence-electron chi connectivity index (χ4n) is 2.84. The van der Waals surface area contributed by atoms with E-state index in [1.54, 1.807) is 12.5 Å². The highest BCUT2D eigenvalue weighted by Crippen LogP contribution is 2.21. The highest BCUT2D eigenvalue weighted by atomic mass is 16.5. The van der Waals surface area contributed by atoms with Gasteiger partial charge in [-0.3, -0.25) is 4.90 Å². The predicted octanol–water partition coefficient (Wildman–Crippen LogP) is 2.24. The molecule has 3 heterocycles. The second kappa shape index (κ2) is 5.99. The van der Waals surface area contributed by atoms with Crippen molar-refractivity contribution in [3.63, 3.8) is 0 Å². The Morgan fingerprint density at radius 3 is 3.05 bits per heavy atom. The Morgan fingerprint density at radius 1 is 1.48 bits per heavy atom. The molecule has 0 aliphatic carbocycles. The van der Waals surface area contributed by atoms with Crippen molar-refractivity contribution in [2.24, 2.45) is 0 Å². The monoisotopic (exact) mass is 290 g/mol. The van der Waals surface area contributed by atoms with E-state index in [1.807, 2.05) is 6.07 Å². The van der Waals surface area contributed by atoms with E-state index in [0.29, 0.717) is 30.3 Å². The summed E-state index contributed by atoms with van der Waals surface area (Å²) in [4.78, 5) is 9.16. The first-order valence-corrected chi connectivity index (χ1v) is 7.39. The lowest BCUT2D eigenvalue weighted by molar-refractivity contribution is 0.0938. The summed E-state index contributed by atoms with van der Waals surface area (Å²) in [6.45, 7) is 4.11. The number of furan rings is 1. The van der Waals surface area contributed by atoms with Crippen LogP contribution < -0.4 is 0 Å². The fraction of sp³-hybridized carbons (Fsp3) is 0.600. The van der Waals surface area contributed by atoms with Crippen LogP contribution in [-0.4, -0.2) is 52.7 Å². The van der Waals surface area contributed by atoms with E-state index in [-0.39, 0.29) is 0 Å². The van der Waals surface area contributed by atoms with E-state index in [0.717, 1.165) is 12.1 Å². The Morgan fingerprint density at radius 2 is 2.33 bits per heavy atom. The number of hydrogen-bond acceptors (Lipinski definition) is 6. The summed E-state index contributed by atoms with van der Waals surface area (Å²) in [6.07, 6.45) is 5.59. The minimum Gasteiger partial charge on any atom is -0.472 e. The van der Waals surface area contributed by atoms with Crippen molar-refractivity contribution in [3.8, 4) is 11.4 Å². The third-order valence-corrected chi connectivity index (χ3v) is 4.44. The first-order valence-electron chi connectivity index (χ1n) is 7.39. The second-order valence-electron chi connectivity index (χ2n) is 5.95. The van der Waals surface area contributed by atoms with Gasteiger partial charge in [-0.1, -0.05) is 5.16 Å². The van der Waals surface area contributed by atoms with Gasteiger partial charge in [-0.15, -0.1) is 0 Å². The van der Waals surface area contributed by atoms with Gasteiger partial charge in [0.25, 0.3) is 0 Å². The van der Waals surface area contributed by atoms with Gasteiger partial charge in [-0.25, -0.2) is 0 Å². The molecule has 3 rings (SSSR count). The van der Waals surface area contributed by atoms with Crippen LogP contribution in [0, 0.1) is 0 Å². The summed E-state index contributed by atoms with van der Waals surface area (Å²) >= 11 is 0. The SMILES string of the molecule is C[C@H]1C[C@@H](N(C)Cc2nc(-c3ccoc3)no2)CCN1C. The normalized spacial score (nSPS) is 23.8. The Kier molecular flexibility index (Phi) is 4.07. The van der Waals surface area contributed by atoms with Crippen molar-refractivity contribution < 1.29 is 8.94 Å². The second-order valence-corrected chi connectivity index (χ2v) is 5.95. The average Bonchev–Trinajstić information content (AvgIpc) is 3.12. The van der Waals surface area contributed by atoms with Gasteiger partial charge in [0.2, 0.25) is 11.7 Å². The molecule has 0 unspecified atom stereocenters. The number of hydrogen-bond donors (Lipinski definition) is 0. The Bertz CT molecular complexity index is 566. The summed E-state index contributed by atoms with van der Waals surface area (Å²) in [7, 11) is 4.32. The van der Waals surface area contributed by atoms with E-state index >= 15 is 0 Å². The van der Waals surface area contributed by atoms with Gasteiger partial charge in [0, 0.05) is 12.1 Å². The van der Waals surface area contributed by atoms with Gasteiger partial charge in [-0.2, -0.15) is 4.98 Å². The van der Waals surface area contributed by atoms with Crippen molar-refractivity contribution in [2.75, 3.05) is 20.6 Å². The van der Waals surface area contributed by atoms with E-state index in [9.17, 15) is 0 Å². The molecule has 0 aromatic carbocycles. The summed E-state index contributed by atoms with van der Waals surface area (Å²) in [6, 6.07) is 3.02. The molecule has 6 heteroatoms. The van der Waals surface area contributed by atoms with Crippen molar-refractivity contribution in [1.29, 1.82) is 0 Å². The van der Waals surface area contributed by atoms with Crippen LogP contribution in [0.2, 0.25) is 0 Å². The number of aromatic nitrogens is 2. The molecule has 114 valence electrons. The molecule has 6 nitrogen and oxygen atoms in total. The largest absolute Gasteiger partial charge is 0.472 e. The molecule has 0 radical (unpaired) electrons. The van der Waals surface area contributed by atoms with Crippen LogP contribution in [0.1, 0.15) is 25.7 Å². The zero-order valence-electron chi connectivity index (χ0n) is 12.8. The highest BCUT2D eigenvalue weighted by molar-refractivity contribution is 5.51. The van der Waals surface area contributed by atoms with Crippen LogP contribution >= 0.6 is 0 Å². The molecule has 0 bridgehead atoms. The first-order chi connectivity index (χ1) is 10.1. The summed E-state index contributed by atoms with van der Waals surface area (Å²) < 4.78 is 10.4. The molecule has 1 fully saturated rings. The van der Waals surface area contributed by atoms with Crippen molar-refractivity contribution >= 4 is 0 Å². The number of likely N-dealkylation sites (tertiary alicyclic amines) is 1. The molecular weight excluding hydrogens is 268 g/mol. The zero-order chi connectivity index (χ0) is 14.8. The molecule has 0 spiro atoms. The summed E-state index contributed by atoms with van der Waals surface area (Å²) in [5.41, 5.74) is 0.848. The van der Waals surface area contributed by atoms with E-state index < -0.39 is 0 Å². The quantitative estimate of drug-likeness (QED) is 0.860. The van der Waals surface area contributed by atoms with Gasteiger partial charge in [-0.05, 0) is 46.5 Å². The molecule has 21 heavy (non-hydrogen) atoms. The van der Waals surface area contributed by atoms with Crippen LogP contribution in [-0.2, 0) is 6.54 Å². The fourth-order valence-corrected chi connectivity index (χ4v) is 2.84. The average molecular weight is 290 g/mol. The molecule has 0 amide bonds. The van der Waals surface area contributed by atoms with Gasteiger partial charge in [0.15, 0.2) is 0 Å². The minimum atomic E-state index is 0.570. The van der Waals surface area contributed by atoms with E-state index in [4.69, 9.17) is 8.94 Å². The molecule has 2 aromatic heterocycles. The number of piperidine rings is 1. The molecule has 0 saturated carbocycles. The topological polar surface area (TPSA) is 58.5 Å². The lowest BCUT2D eigenvalue weighted by atomic mass is 9.98. The van der Waals surface area contributed by atoms with Crippen LogP contribution in [0.25, 0.3) is 11.4 Å². The maximum absolute atomic E-state index is 5.34. The zero-order valence-corrected chi connectivity index (χ0v) is 12.8. The van der Waals surface area contributed by atoms with Crippen LogP contribution in [0.15, 0.2) is 27.5 Å². The standard InChI is InChI=1S/C15H22N4O2/c1-11-8-13(4-6-18(11)2)19(3)9-14-16-15(17-21-14)12-5-7-20-10-12/h5,7,10-11,13H,4,6,8-9H2,1-3H3/t11-,13-/m0/s1. The lowest BCUT2D eigenvalue weighted by Gasteiger charge is -2.38. The molecular formula is C15H22N4O2. The van der Waals surface area contributed by atoms with Gasteiger partial charge >= 0.3 is 0 Å². The van der Waals surface area contributed by atoms with Gasteiger partial charge in [0.05, 0.1) is 18.4 Å². The van der Waals surface area contributed by atoms with E-state index in [2.05, 4.69) is 41.0 Å². The Hall–Kier alpha value is -1.66. The molecule has 1 aliphatic heterocycles. The Labute approximate surface area is 124 Å². The van der Waals surface area contributed by atoms with Gasteiger partial charge in [0.1, 0.15) is 6.26 Å². The first kappa shape index (κ1) is 14.3. The number of nitrogens with zero attached hydrogens (tertiary/aromatic N) is 4. The highest BCUT2D eigenvalue weighted by Gasteiger charge is 2.26. The maximum atomic E-state index is 5.34. The van der Waals surface area contributed by atoms with Crippen molar-refractivity contribution in [3.05, 3.63) is 24.5 Å². The lowest BCUT2D eigenvalue weighted by Crippen LogP contribution is -2.46. The molecule has 1 aliphatic rings. The number of rotatable bonds is 4. The summed E-state index contributed by atoms with van der Waals surface area (Å²) in [5, 5.41) is 4.00. The van der Waals surface area contributed by atoms with Crippen LogP contribution in [0.4, 0.5) is 0 Å². The molecule has 2 atom stereocenters. The minimum absolute atomic E-state index is 0.570. The molecule has 2 aromatic rings. The third kappa shape index (κ3) is 3.16. The molecule has 1 saturated heterocycles. The maximum Gasteiger partial charge on any atom is 0.241 e. The van der Waals surface area contributed by atoms with Gasteiger partial charge < -0.3 is 13.8 Å². The van der Waals surface area contributed by atoms with E-state index in [1.165, 1.54) is 12.8 Å². The van der Waals surface area contributed by atoms with Crippen molar-refractivity contribution in [2.45, 2.75) is 38.4 Å². The summed E-state index contributed by atoms with van der Waals surface area (Å²) in [5.74, 6) is 1.24. The predicted molar refractivity (Wildman–Crippen MR) is 78.6 cm³/mol. The van der Waals surface area contributed by atoms with Crippen molar-refractivity contribution in [1.82, 2.24) is 19.9 Å². The Balaban J connectivity index is 1.61.